The van der Waals surface area contributed by atoms with Crippen molar-refractivity contribution in [3.63, 3.8) is 0 Å². The molecule has 0 amide bonds. The molecule has 0 N–H and O–H groups in total. The quantitative estimate of drug-likeness (QED) is 0.589. The first-order valence-corrected chi connectivity index (χ1v) is 7.92. The van der Waals surface area contributed by atoms with Crippen molar-refractivity contribution in [2.75, 3.05) is 11.6 Å². The fraction of sp³-hybridized carbons (Fsp3) is 0.500. The van der Waals surface area contributed by atoms with Crippen LogP contribution < -0.4 is 0 Å². The van der Waals surface area contributed by atoms with Gasteiger partial charge in [0, 0.05) is 5.88 Å². The van der Waals surface area contributed by atoms with Gasteiger partial charge in [-0.3, -0.25) is 0 Å². The van der Waals surface area contributed by atoms with E-state index in [-0.39, 0.29) is 10.6 Å². The fourth-order valence-corrected chi connectivity index (χ4v) is 3.15. The van der Waals surface area contributed by atoms with Crippen LogP contribution in [0.5, 0.6) is 0 Å². The van der Waals surface area contributed by atoms with Crippen molar-refractivity contribution in [3.05, 3.63) is 29.8 Å². The zero-order valence-electron chi connectivity index (χ0n) is 10.1. The third-order valence-electron chi connectivity index (χ3n) is 2.57. The number of hydrogen-bond acceptors (Lipinski definition) is 2. The summed E-state index contributed by atoms with van der Waals surface area (Å²) in [5.41, 5.74) is -0.950. The van der Waals surface area contributed by atoms with E-state index in [4.69, 9.17) is 11.6 Å². The van der Waals surface area contributed by atoms with Gasteiger partial charge in [-0.2, -0.15) is 13.2 Å². The minimum Gasteiger partial charge on any atom is -0.224 e. The average molecular weight is 315 g/mol. The lowest BCUT2D eigenvalue weighted by molar-refractivity contribution is -0.137. The Kier molecular flexibility index (Phi) is 5.67. The Labute approximate surface area is 115 Å². The molecule has 0 bridgehead atoms. The lowest BCUT2D eigenvalue weighted by Gasteiger charge is -2.09. The molecule has 0 fully saturated rings. The summed E-state index contributed by atoms with van der Waals surface area (Å²) in [6.45, 7) is 0. The number of alkyl halides is 4. The first kappa shape index (κ1) is 16.3. The Bertz CT molecular complexity index is 512. The molecular weight excluding hydrogens is 301 g/mol. The molecule has 1 aromatic rings. The van der Waals surface area contributed by atoms with Crippen molar-refractivity contribution in [3.8, 4) is 0 Å². The van der Waals surface area contributed by atoms with Crippen molar-refractivity contribution in [2.24, 2.45) is 0 Å². The molecule has 0 unspecified atom stereocenters. The smallest absolute Gasteiger partial charge is 0.224 e. The van der Waals surface area contributed by atoms with Crippen LogP contribution in [0.1, 0.15) is 24.8 Å². The maximum atomic E-state index is 12.5. The second kappa shape index (κ2) is 6.61. The molecule has 1 aromatic carbocycles. The number of unbranched alkanes of at least 4 members (excludes halogenated alkanes) is 2. The van der Waals surface area contributed by atoms with Gasteiger partial charge in [0.1, 0.15) is 0 Å². The van der Waals surface area contributed by atoms with Crippen molar-refractivity contribution in [1.29, 1.82) is 0 Å². The number of sulfone groups is 1. The van der Waals surface area contributed by atoms with E-state index in [1.807, 2.05) is 0 Å². The van der Waals surface area contributed by atoms with Crippen LogP contribution in [-0.2, 0) is 16.0 Å². The molecule has 0 heterocycles. The number of benzene rings is 1. The van der Waals surface area contributed by atoms with Gasteiger partial charge in [0.25, 0.3) is 0 Å². The van der Waals surface area contributed by atoms with Crippen molar-refractivity contribution in [2.45, 2.75) is 30.3 Å². The largest absolute Gasteiger partial charge is 0.416 e. The Balaban J connectivity index is 2.84. The van der Waals surface area contributed by atoms with Crippen LogP contribution in [0.4, 0.5) is 13.2 Å². The number of rotatable bonds is 6. The van der Waals surface area contributed by atoms with Crippen LogP contribution in [0, 0.1) is 0 Å². The van der Waals surface area contributed by atoms with E-state index in [2.05, 4.69) is 0 Å². The maximum Gasteiger partial charge on any atom is 0.416 e. The first-order valence-electron chi connectivity index (χ1n) is 5.73. The minimum atomic E-state index is -4.54. The van der Waals surface area contributed by atoms with Gasteiger partial charge in [0.15, 0.2) is 9.84 Å². The summed E-state index contributed by atoms with van der Waals surface area (Å²) in [6, 6.07) is 3.82. The summed E-state index contributed by atoms with van der Waals surface area (Å²) < 4.78 is 61.2. The van der Waals surface area contributed by atoms with Gasteiger partial charge in [0.2, 0.25) is 0 Å². The zero-order valence-corrected chi connectivity index (χ0v) is 11.7. The minimum absolute atomic E-state index is 0.162. The highest BCUT2D eigenvalue weighted by Crippen LogP contribution is 2.30. The molecule has 0 radical (unpaired) electrons. The molecule has 2 nitrogen and oxygen atoms in total. The van der Waals surface area contributed by atoms with Crippen LogP contribution in [0.25, 0.3) is 0 Å². The highest BCUT2D eigenvalue weighted by molar-refractivity contribution is 7.91. The molecule has 19 heavy (non-hydrogen) atoms. The van der Waals surface area contributed by atoms with Gasteiger partial charge in [0.05, 0.1) is 16.2 Å². The van der Waals surface area contributed by atoms with E-state index in [1.54, 1.807) is 0 Å². The SMILES string of the molecule is O=S(=O)(CCCCCCl)c1cccc(C(F)(F)F)c1. The molecule has 0 aliphatic rings. The summed E-state index contributed by atoms with van der Waals surface area (Å²) in [6.07, 6.45) is -2.81. The van der Waals surface area contributed by atoms with Gasteiger partial charge in [-0.25, -0.2) is 8.42 Å². The Hall–Kier alpha value is -0.750. The zero-order chi connectivity index (χ0) is 14.5. The molecule has 7 heteroatoms. The van der Waals surface area contributed by atoms with E-state index in [0.29, 0.717) is 31.2 Å². The molecule has 1 rings (SSSR count). The van der Waals surface area contributed by atoms with E-state index in [0.717, 1.165) is 12.1 Å². The van der Waals surface area contributed by atoms with Gasteiger partial charge in [-0.05, 0) is 31.0 Å². The summed E-state index contributed by atoms with van der Waals surface area (Å²) in [7, 11) is -3.67. The van der Waals surface area contributed by atoms with Crippen LogP contribution >= 0.6 is 11.6 Å². The standard InChI is InChI=1S/C12H14ClF3O2S/c13-7-2-1-3-8-19(17,18)11-6-4-5-10(9-11)12(14,15)16/h4-6,9H,1-3,7-8H2. The monoisotopic (exact) mass is 314 g/mol. The normalized spacial score (nSPS) is 12.6. The lowest BCUT2D eigenvalue weighted by Crippen LogP contribution is -2.10. The molecule has 108 valence electrons. The second-order valence-corrected chi connectivity index (χ2v) is 6.58. The predicted octanol–water partition coefficient (Wildman–Crippen LogP) is 3.89. The highest BCUT2D eigenvalue weighted by Gasteiger charge is 2.31. The molecule has 0 atom stereocenters. The summed E-state index contributed by atoms with van der Waals surface area (Å²) in [5.74, 6) is 0.287. The molecule has 0 spiro atoms. The lowest BCUT2D eigenvalue weighted by atomic mass is 10.2. The van der Waals surface area contributed by atoms with E-state index in [1.165, 1.54) is 6.07 Å². The molecular formula is C12H14ClF3O2S. The molecule has 0 saturated carbocycles. The van der Waals surface area contributed by atoms with Gasteiger partial charge in [-0.15, -0.1) is 11.6 Å². The van der Waals surface area contributed by atoms with E-state index >= 15 is 0 Å². The summed E-state index contributed by atoms with van der Waals surface area (Å²) in [5, 5.41) is 0. The number of halogens is 4. The molecule has 0 aliphatic carbocycles. The van der Waals surface area contributed by atoms with Gasteiger partial charge in [-0.1, -0.05) is 12.5 Å². The first-order chi connectivity index (χ1) is 8.77. The van der Waals surface area contributed by atoms with E-state index in [9.17, 15) is 21.6 Å². The van der Waals surface area contributed by atoms with Gasteiger partial charge >= 0.3 is 6.18 Å². The average Bonchev–Trinajstić information content (AvgIpc) is 2.34. The second-order valence-electron chi connectivity index (χ2n) is 4.09. The van der Waals surface area contributed by atoms with Crippen LogP contribution in [0.3, 0.4) is 0 Å². The summed E-state index contributed by atoms with van der Waals surface area (Å²) in [4.78, 5) is -0.284. The van der Waals surface area contributed by atoms with Crippen LogP contribution in [0.2, 0.25) is 0 Å². The Morgan fingerprint density at radius 2 is 1.79 bits per heavy atom. The van der Waals surface area contributed by atoms with Crippen molar-refractivity contribution >= 4 is 21.4 Å². The Morgan fingerprint density at radius 1 is 1.11 bits per heavy atom. The van der Waals surface area contributed by atoms with Crippen LogP contribution in [-0.4, -0.2) is 20.1 Å². The third-order valence-corrected chi connectivity index (χ3v) is 4.63. The van der Waals surface area contributed by atoms with Crippen LogP contribution in [0.15, 0.2) is 29.2 Å². The molecule has 0 saturated heterocycles. The van der Waals surface area contributed by atoms with Crippen molar-refractivity contribution in [1.82, 2.24) is 0 Å². The van der Waals surface area contributed by atoms with E-state index < -0.39 is 21.6 Å². The predicted molar refractivity (Wildman–Crippen MR) is 68.1 cm³/mol. The third kappa shape index (κ3) is 5.03. The highest BCUT2D eigenvalue weighted by atomic mass is 35.5. The fourth-order valence-electron chi connectivity index (χ4n) is 1.55. The summed E-state index contributed by atoms with van der Waals surface area (Å²) >= 11 is 5.47. The molecule has 0 aromatic heterocycles. The topological polar surface area (TPSA) is 34.1 Å². The molecule has 0 aliphatic heterocycles. The van der Waals surface area contributed by atoms with Crippen molar-refractivity contribution < 1.29 is 21.6 Å². The Morgan fingerprint density at radius 3 is 2.37 bits per heavy atom. The van der Waals surface area contributed by atoms with Gasteiger partial charge < -0.3 is 0 Å². The number of hydrogen-bond donors (Lipinski definition) is 0. The maximum absolute atomic E-state index is 12.5.